The molecule has 0 radical (unpaired) electrons. The van der Waals surface area contributed by atoms with E-state index in [9.17, 15) is 8.78 Å². The molecule has 0 saturated heterocycles. The van der Waals surface area contributed by atoms with Crippen molar-refractivity contribution in [3.05, 3.63) is 69.7 Å². The minimum atomic E-state index is -0.286. The van der Waals surface area contributed by atoms with E-state index in [0.29, 0.717) is 16.6 Å². The Hall–Kier alpha value is -1.26. The van der Waals surface area contributed by atoms with Crippen molar-refractivity contribution in [2.45, 2.75) is 19.5 Å². The third-order valence-electron chi connectivity index (χ3n) is 2.97. The van der Waals surface area contributed by atoms with E-state index in [1.54, 1.807) is 24.3 Å². The van der Waals surface area contributed by atoms with Gasteiger partial charge in [-0.05, 0) is 46.6 Å². The lowest BCUT2D eigenvalue weighted by Crippen LogP contribution is -2.19. The van der Waals surface area contributed by atoms with Gasteiger partial charge in [0.05, 0.1) is 4.47 Å². The van der Waals surface area contributed by atoms with Crippen LogP contribution in [0.3, 0.4) is 0 Å². The van der Waals surface area contributed by atoms with Crippen LogP contribution in [-0.2, 0) is 6.54 Å². The van der Waals surface area contributed by atoms with Gasteiger partial charge >= 0.3 is 0 Å². The second-order valence-corrected chi connectivity index (χ2v) is 5.23. The number of rotatable bonds is 4. The molecule has 0 bridgehead atoms. The van der Waals surface area contributed by atoms with Crippen LogP contribution in [-0.4, -0.2) is 0 Å². The van der Waals surface area contributed by atoms with E-state index in [2.05, 4.69) is 21.2 Å². The van der Waals surface area contributed by atoms with Gasteiger partial charge < -0.3 is 5.32 Å². The first-order valence-electron chi connectivity index (χ1n) is 5.99. The number of nitrogens with one attached hydrogen (secondary N) is 1. The van der Waals surface area contributed by atoms with Gasteiger partial charge in [0.1, 0.15) is 11.6 Å². The Morgan fingerprint density at radius 1 is 1.11 bits per heavy atom. The average molecular weight is 326 g/mol. The lowest BCUT2D eigenvalue weighted by molar-refractivity contribution is 0.527. The fourth-order valence-corrected chi connectivity index (χ4v) is 2.28. The second kappa shape index (κ2) is 6.26. The highest BCUT2D eigenvalue weighted by Crippen LogP contribution is 2.19. The molecule has 0 aromatic heterocycles. The lowest BCUT2D eigenvalue weighted by Gasteiger charge is -2.15. The van der Waals surface area contributed by atoms with Crippen LogP contribution in [0.15, 0.2) is 46.9 Å². The first kappa shape index (κ1) is 14.2. The smallest absolute Gasteiger partial charge is 0.137 e. The summed E-state index contributed by atoms with van der Waals surface area (Å²) in [6.07, 6.45) is 0. The summed E-state index contributed by atoms with van der Waals surface area (Å²) in [7, 11) is 0. The Morgan fingerprint density at radius 3 is 2.53 bits per heavy atom. The standard InChI is InChI=1S/C15H14BrF2N/c1-10(12-4-2-3-5-14(12)17)19-9-11-6-7-15(18)13(16)8-11/h2-8,10,19H,9H2,1H3/t10-/m1/s1. The zero-order valence-electron chi connectivity index (χ0n) is 10.5. The summed E-state index contributed by atoms with van der Waals surface area (Å²) in [6, 6.07) is 11.4. The lowest BCUT2D eigenvalue weighted by atomic mass is 10.1. The largest absolute Gasteiger partial charge is 0.306 e. The van der Waals surface area contributed by atoms with E-state index in [1.807, 2.05) is 13.0 Å². The minimum Gasteiger partial charge on any atom is -0.306 e. The van der Waals surface area contributed by atoms with Crippen LogP contribution in [0.5, 0.6) is 0 Å². The molecule has 19 heavy (non-hydrogen) atoms. The normalized spacial score (nSPS) is 12.4. The Kier molecular flexibility index (Phi) is 4.66. The van der Waals surface area contributed by atoms with E-state index < -0.39 is 0 Å². The minimum absolute atomic E-state index is 0.106. The second-order valence-electron chi connectivity index (χ2n) is 4.37. The number of benzene rings is 2. The van der Waals surface area contributed by atoms with Crippen molar-refractivity contribution in [1.29, 1.82) is 0 Å². The van der Waals surface area contributed by atoms with Crippen LogP contribution in [0.1, 0.15) is 24.1 Å². The number of halogens is 3. The van der Waals surface area contributed by atoms with Gasteiger partial charge in [0.15, 0.2) is 0 Å². The molecular weight excluding hydrogens is 312 g/mol. The molecule has 2 aromatic carbocycles. The summed E-state index contributed by atoms with van der Waals surface area (Å²) in [5.41, 5.74) is 1.57. The Balaban J connectivity index is 2.02. The maximum Gasteiger partial charge on any atom is 0.137 e. The van der Waals surface area contributed by atoms with Gasteiger partial charge in [0, 0.05) is 18.2 Å². The van der Waals surface area contributed by atoms with E-state index in [0.717, 1.165) is 5.56 Å². The molecule has 0 unspecified atom stereocenters. The molecule has 0 amide bonds. The van der Waals surface area contributed by atoms with Gasteiger partial charge in [0.25, 0.3) is 0 Å². The Labute approximate surface area is 119 Å². The van der Waals surface area contributed by atoms with Crippen LogP contribution in [0, 0.1) is 11.6 Å². The van der Waals surface area contributed by atoms with E-state index >= 15 is 0 Å². The van der Waals surface area contributed by atoms with Crippen molar-refractivity contribution in [3.8, 4) is 0 Å². The average Bonchev–Trinajstić information content (AvgIpc) is 2.40. The first-order chi connectivity index (χ1) is 9.08. The monoisotopic (exact) mass is 325 g/mol. The maximum absolute atomic E-state index is 13.6. The van der Waals surface area contributed by atoms with Crippen molar-refractivity contribution in [1.82, 2.24) is 5.32 Å². The summed E-state index contributed by atoms with van der Waals surface area (Å²) >= 11 is 3.15. The van der Waals surface area contributed by atoms with Gasteiger partial charge in [-0.3, -0.25) is 0 Å². The van der Waals surface area contributed by atoms with Gasteiger partial charge in [-0.2, -0.15) is 0 Å². The van der Waals surface area contributed by atoms with Crippen molar-refractivity contribution in [2.75, 3.05) is 0 Å². The first-order valence-corrected chi connectivity index (χ1v) is 6.79. The summed E-state index contributed by atoms with van der Waals surface area (Å²) < 4.78 is 27.1. The molecule has 2 rings (SSSR count). The highest BCUT2D eigenvalue weighted by atomic mass is 79.9. The fraction of sp³-hybridized carbons (Fsp3) is 0.200. The number of hydrogen-bond donors (Lipinski definition) is 1. The predicted octanol–water partition coefficient (Wildman–Crippen LogP) is 4.58. The molecule has 1 atom stereocenters. The zero-order valence-corrected chi connectivity index (χ0v) is 12.0. The molecule has 0 heterocycles. The summed E-state index contributed by atoms with van der Waals surface area (Å²) in [5.74, 6) is -0.506. The molecular formula is C15H14BrF2N. The predicted molar refractivity (Wildman–Crippen MR) is 75.8 cm³/mol. The molecule has 0 fully saturated rings. The molecule has 1 N–H and O–H groups in total. The fourth-order valence-electron chi connectivity index (χ4n) is 1.86. The van der Waals surface area contributed by atoms with Crippen LogP contribution >= 0.6 is 15.9 Å². The molecule has 0 saturated carbocycles. The van der Waals surface area contributed by atoms with Crippen molar-refractivity contribution in [2.24, 2.45) is 0 Å². The van der Waals surface area contributed by atoms with Crippen molar-refractivity contribution >= 4 is 15.9 Å². The van der Waals surface area contributed by atoms with Gasteiger partial charge in [-0.1, -0.05) is 24.3 Å². The Bertz CT molecular complexity index is 572. The van der Waals surface area contributed by atoms with Crippen LogP contribution in [0.2, 0.25) is 0 Å². The van der Waals surface area contributed by atoms with Gasteiger partial charge in [-0.25, -0.2) is 8.78 Å². The molecule has 0 aliphatic rings. The molecule has 0 aliphatic heterocycles. The van der Waals surface area contributed by atoms with Gasteiger partial charge in [-0.15, -0.1) is 0 Å². The maximum atomic E-state index is 13.6. The van der Waals surface area contributed by atoms with Crippen molar-refractivity contribution in [3.63, 3.8) is 0 Å². The highest BCUT2D eigenvalue weighted by molar-refractivity contribution is 9.10. The van der Waals surface area contributed by atoms with E-state index in [1.165, 1.54) is 12.1 Å². The molecule has 0 aliphatic carbocycles. The third-order valence-corrected chi connectivity index (χ3v) is 3.58. The highest BCUT2D eigenvalue weighted by Gasteiger charge is 2.09. The summed E-state index contributed by atoms with van der Waals surface area (Å²) in [6.45, 7) is 2.45. The quantitative estimate of drug-likeness (QED) is 0.867. The Morgan fingerprint density at radius 2 is 1.84 bits per heavy atom. The van der Waals surface area contributed by atoms with Gasteiger partial charge in [0.2, 0.25) is 0 Å². The van der Waals surface area contributed by atoms with E-state index in [-0.39, 0.29) is 17.7 Å². The summed E-state index contributed by atoms with van der Waals surface area (Å²) in [4.78, 5) is 0. The molecule has 0 spiro atoms. The molecule has 100 valence electrons. The molecule has 4 heteroatoms. The number of hydrogen-bond acceptors (Lipinski definition) is 1. The van der Waals surface area contributed by atoms with Crippen LogP contribution in [0.4, 0.5) is 8.78 Å². The van der Waals surface area contributed by atoms with Crippen molar-refractivity contribution < 1.29 is 8.78 Å². The SMILES string of the molecule is C[C@@H](NCc1ccc(F)c(Br)c1)c1ccccc1F. The molecule has 2 aromatic rings. The molecule has 1 nitrogen and oxygen atoms in total. The van der Waals surface area contributed by atoms with E-state index in [4.69, 9.17) is 0 Å². The zero-order chi connectivity index (χ0) is 13.8. The topological polar surface area (TPSA) is 12.0 Å². The summed E-state index contributed by atoms with van der Waals surface area (Å²) in [5, 5.41) is 3.22. The van der Waals surface area contributed by atoms with Crippen LogP contribution in [0.25, 0.3) is 0 Å². The third kappa shape index (κ3) is 3.61. The van der Waals surface area contributed by atoms with Crippen LogP contribution < -0.4 is 5.32 Å².